The Balaban J connectivity index is 0.000000661. The fourth-order valence-corrected chi connectivity index (χ4v) is 6.48. The molecule has 0 unspecified atom stereocenters. The van der Waals surface area contributed by atoms with Crippen LogP contribution in [-0.2, 0) is 0 Å². The molecule has 2 nitrogen and oxygen atoms in total. The van der Waals surface area contributed by atoms with Crippen LogP contribution in [0.25, 0.3) is 5.57 Å². The maximum Gasteiger partial charge on any atom is 0.0258 e. The number of hydrogen-bond acceptors (Lipinski definition) is 2. The van der Waals surface area contributed by atoms with Crippen molar-refractivity contribution in [3.8, 4) is 12.3 Å². The molecule has 0 aromatic heterocycles. The van der Waals surface area contributed by atoms with Crippen LogP contribution in [0.1, 0.15) is 142 Å². The molecular formula is C40H70N2. The van der Waals surface area contributed by atoms with Gasteiger partial charge in [-0.1, -0.05) is 111 Å². The molecule has 240 valence electrons. The fourth-order valence-electron chi connectivity index (χ4n) is 6.48. The lowest BCUT2D eigenvalue weighted by Crippen LogP contribution is -2.33. The first kappa shape index (κ1) is 40.0. The van der Waals surface area contributed by atoms with Gasteiger partial charge >= 0.3 is 0 Å². The van der Waals surface area contributed by atoms with Gasteiger partial charge in [-0.3, -0.25) is 0 Å². The summed E-state index contributed by atoms with van der Waals surface area (Å²) in [5, 5.41) is 3.69. The molecule has 2 saturated carbocycles. The van der Waals surface area contributed by atoms with Crippen molar-refractivity contribution < 1.29 is 0 Å². The normalized spacial score (nSPS) is 20.8. The van der Waals surface area contributed by atoms with Crippen molar-refractivity contribution in [3.63, 3.8) is 0 Å². The molecule has 1 N–H and O–H groups in total. The summed E-state index contributed by atoms with van der Waals surface area (Å²) in [5.41, 5.74) is 6.75. The zero-order chi connectivity index (χ0) is 31.9. The molecule has 0 radical (unpaired) electrons. The zero-order valence-corrected chi connectivity index (χ0v) is 29.6. The van der Waals surface area contributed by atoms with E-state index in [0.29, 0.717) is 5.92 Å². The van der Waals surface area contributed by atoms with Gasteiger partial charge in [-0.15, -0.1) is 12.3 Å². The predicted molar refractivity (Wildman–Crippen MR) is 192 cm³/mol. The molecule has 1 aliphatic heterocycles. The Bertz CT molecular complexity index is 869. The molecule has 3 fully saturated rings. The monoisotopic (exact) mass is 579 g/mol. The van der Waals surface area contributed by atoms with Crippen LogP contribution >= 0.6 is 0 Å². The number of hydrogen-bond donors (Lipinski definition) is 1. The molecule has 1 aromatic carbocycles. The fraction of sp³-hybridized carbons (Fsp3) is 0.700. The van der Waals surface area contributed by atoms with E-state index in [1.165, 1.54) is 125 Å². The average molecular weight is 579 g/mol. The van der Waals surface area contributed by atoms with Crippen LogP contribution in [0.3, 0.4) is 0 Å². The number of allylic oxidation sites excluding steroid dienone is 2. The molecule has 0 spiro atoms. The number of rotatable bonds is 7. The quantitative estimate of drug-likeness (QED) is 0.324. The number of benzene rings is 1. The van der Waals surface area contributed by atoms with Crippen molar-refractivity contribution >= 4 is 5.57 Å². The third-order valence-corrected chi connectivity index (χ3v) is 8.94. The SMILES string of the molecule is C#CC.C=C(CC1CCCCC1)NC1CCC(C)CC1.C=C(c1ccc(C)cc1C)C1CCN(CC)CC1.CC.CC. The third-order valence-electron chi connectivity index (χ3n) is 8.94. The highest BCUT2D eigenvalue weighted by atomic mass is 15.1. The Morgan fingerprint density at radius 2 is 1.45 bits per heavy atom. The van der Waals surface area contributed by atoms with Gasteiger partial charge < -0.3 is 10.2 Å². The first-order chi connectivity index (χ1) is 20.3. The Labute approximate surface area is 264 Å². The van der Waals surface area contributed by atoms with E-state index in [9.17, 15) is 0 Å². The molecule has 2 heteroatoms. The number of nitrogens with one attached hydrogen (secondary N) is 1. The van der Waals surface area contributed by atoms with Gasteiger partial charge in [-0.25, -0.2) is 0 Å². The highest BCUT2D eigenvalue weighted by Crippen LogP contribution is 2.32. The molecule has 1 aromatic rings. The average Bonchev–Trinajstić information content (AvgIpc) is 3.01. The molecular weight excluding hydrogens is 508 g/mol. The lowest BCUT2D eigenvalue weighted by atomic mass is 9.84. The summed E-state index contributed by atoms with van der Waals surface area (Å²) >= 11 is 0. The second-order valence-corrected chi connectivity index (χ2v) is 12.3. The summed E-state index contributed by atoms with van der Waals surface area (Å²) in [7, 11) is 0. The van der Waals surface area contributed by atoms with Crippen LogP contribution in [-0.4, -0.2) is 30.6 Å². The van der Waals surface area contributed by atoms with Crippen molar-refractivity contribution in [1.82, 2.24) is 10.2 Å². The van der Waals surface area contributed by atoms with E-state index < -0.39 is 0 Å². The molecule has 0 amide bonds. The Morgan fingerprint density at radius 3 is 1.95 bits per heavy atom. The first-order valence-corrected chi connectivity index (χ1v) is 17.6. The van der Waals surface area contributed by atoms with Gasteiger partial charge in [0.15, 0.2) is 0 Å². The van der Waals surface area contributed by atoms with Crippen molar-refractivity contribution in [2.24, 2.45) is 17.8 Å². The molecule has 1 heterocycles. The van der Waals surface area contributed by atoms with Gasteiger partial charge in [0, 0.05) is 11.7 Å². The van der Waals surface area contributed by atoms with Crippen LogP contribution < -0.4 is 5.32 Å². The van der Waals surface area contributed by atoms with Gasteiger partial charge in [0.1, 0.15) is 0 Å². The third kappa shape index (κ3) is 16.0. The van der Waals surface area contributed by atoms with Crippen LogP contribution in [0.4, 0.5) is 0 Å². The summed E-state index contributed by atoms with van der Waals surface area (Å²) in [4.78, 5) is 2.53. The number of terminal acetylenes is 1. The van der Waals surface area contributed by atoms with E-state index in [4.69, 9.17) is 0 Å². The second-order valence-electron chi connectivity index (χ2n) is 12.3. The number of nitrogens with zero attached hydrogens (tertiary/aromatic N) is 1. The van der Waals surface area contributed by atoms with Crippen LogP contribution in [0.5, 0.6) is 0 Å². The maximum absolute atomic E-state index is 4.60. The largest absolute Gasteiger partial charge is 0.386 e. The van der Waals surface area contributed by atoms with Crippen molar-refractivity contribution in [2.75, 3.05) is 19.6 Å². The van der Waals surface area contributed by atoms with Crippen LogP contribution in [0.2, 0.25) is 0 Å². The van der Waals surface area contributed by atoms with Gasteiger partial charge in [0.05, 0.1) is 0 Å². The molecule has 0 atom stereocenters. The summed E-state index contributed by atoms with van der Waals surface area (Å²) in [6.07, 6.45) is 21.1. The first-order valence-electron chi connectivity index (χ1n) is 17.6. The minimum Gasteiger partial charge on any atom is -0.386 e. The number of aryl methyl sites for hydroxylation is 2. The Morgan fingerprint density at radius 1 is 0.905 bits per heavy atom. The molecule has 42 heavy (non-hydrogen) atoms. The summed E-state index contributed by atoms with van der Waals surface area (Å²) in [6.45, 7) is 30.9. The highest BCUT2D eigenvalue weighted by molar-refractivity contribution is 5.68. The lowest BCUT2D eigenvalue weighted by molar-refractivity contribution is 0.216. The van der Waals surface area contributed by atoms with E-state index in [0.717, 1.165) is 17.9 Å². The van der Waals surface area contributed by atoms with Gasteiger partial charge in [0.2, 0.25) is 0 Å². The minimum absolute atomic E-state index is 0.675. The lowest BCUT2D eigenvalue weighted by Gasteiger charge is -2.32. The van der Waals surface area contributed by atoms with Gasteiger partial charge in [0.25, 0.3) is 0 Å². The van der Waals surface area contributed by atoms with E-state index in [1.54, 1.807) is 6.92 Å². The van der Waals surface area contributed by atoms with E-state index in [-0.39, 0.29) is 0 Å². The summed E-state index contributed by atoms with van der Waals surface area (Å²) in [6, 6.07) is 7.44. The number of piperidine rings is 1. The van der Waals surface area contributed by atoms with Crippen LogP contribution in [0, 0.1) is 43.9 Å². The maximum atomic E-state index is 4.60. The Hall–Kier alpha value is -1.98. The van der Waals surface area contributed by atoms with E-state index in [1.807, 2.05) is 27.7 Å². The van der Waals surface area contributed by atoms with Crippen LogP contribution in [0.15, 0.2) is 37.1 Å². The molecule has 2 aliphatic carbocycles. The second kappa shape index (κ2) is 24.5. The standard InChI is InChI=1S/C17H25N.C16H29N.C3H4.2C2H6/c1-5-18-10-8-16(9-11-18)15(4)17-7-6-13(2)12-14(17)3;1-13-8-10-16(11-9-13)17-14(2)12-15-6-4-3-5-7-15;1-3-2;2*1-2/h6-7,12,16H,4-5,8-11H2,1-3H3;13,15-17H,2-12H2,1H3;1H,2H3;2*1-2H3. The summed E-state index contributed by atoms with van der Waals surface area (Å²) in [5.74, 6) is 4.79. The molecule has 4 rings (SSSR count). The van der Waals surface area contributed by atoms with Crippen molar-refractivity contribution in [1.29, 1.82) is 0 Å². The number of likely N-dealkylation sites (tertiary alicyclic amines) is 1. The molecule has 1 saturated heterocycles. The topological polar surface area (TPSA) is 15.3 Å². The van der Waals surface area contributed by atoms with Crippen molar-refractivity contribution in [3.05, 3.63) is 53.7 Å². The summed E-state index contributed by atoms with van der Waals surface area (Å²) < 4.78 is 0. The molecule has 3 aliphatic rings. The van der Waals surface area contributed by atoms with Crippen molar-refractivity contribution in [2.45, 2.75) is 145 Å². The Kier molecular flexibility index (Phi) is 23.3. The smallest absolute Gasteiger partial charge is 0.0258 e. The highest BCUT2D eigenvalue weighted by Gasteiger charge is 2.22. The van der Waals surface area contributed by atoms with E-state index >= 15 is 0 Å². The van der Waals surface area contributed by atoms with Gasteiger partial charge in [-0.05, 0) is 120 Å². The predicted octanol–water partition coefficient (Wildman–Crippen LogP) is 11.4. The molecule has 0 bridgehead atoms. The van der Waals surface area contributed by atoms with Gasteiger partial charge in [-0.2, -0.15) is 0 Å². The zero-order valence-electron chi connectivity index (χ0n) is 29.6. The minimum atomic E-state index is 0.675. The van der Waals surface area contributed by atoms with E-state index in [2.05, 4.69) is 81.6 Å².